The van der Waals surface area contributed by atoms with Crippen molar-refractivity contribution in [2.45, 2.75) is 26.1 Å². The van der Waals surface area contributed by atoms with Gasteiger partial charge in [-0.25, -0.2) is 19.2 Å². The van der Waals surface area contributed by atoms with Gasteiger partial charge in [-0.3, -0.25) is 0 Å². The topological polar surface area (TPSA) is 105 Å². The molecule has 0 fully saturated rings. The van der Waals surface area contributed by atoms with Gasteiger partial charge in [-0.05, 0) is 13.8 Å². The molecule has 0 bridgehead atoms. The van der Waals surface area contributed by atoms with Crippen LogP contribution in [0.2, 0.25) is 0 Å². The third-order valence-electron chi connectivity index (χ3n) is 2.24. The maximum absolute atomic E-state index is 11.4. The predicted octanol–water partition coefficient (Wildman–Crippen LogP) is 0.864. The summed E-state index contributed by atoms with van der Waals surface area (Å²) >= 11 is 0. The quantitative estimate of drug-likeness (QED) is 0.328. The summed E-state index contributed by atoms with van der Waals surface area (Å²) in [6, 6.07) is 0. The molecule has 24 heavy (non-hydrogen) atoms. The molecule has 0 aromatic rings. The van der Waals surface area contributed by atoms with Gasteiger partial charge in [0.15, 0.2) is 0 Å². The Morgan fingerprint density at radius 2 is 1.08 bits per heavy atom. The van der Waals surface area contributed by atoms with Crippen LogP contribution in [0, 0.1) is 0 Å². The number of ether oxygens (including phenoxy) is 4. The smallest absolute Gasteiger partial charge is 0.331 e. The zero-order valence-corrected chi connectivity index (χ0v) is 13.6. The van der Waals surface area contributed by atoms with Gasteiger partial charge in [-0.15, -0.1) is 0 Å². The van der Waals surface area contributed by atoms with Crippen LogP contribution in [0.15, 0.2) is 37.5 Å². The normalized spacial score (nSPS) is 12.6. The highest BCUT2D eigenvalue weighted by Crippen LogP contribution is 1.97. The van der Waals surface area contributed by atoms with Crippen LogP contribution in [0.1, 0.15) is 13.8 Å². The van der Waals surface area contributed by atoms with Crippen LogP contribution < -0.4 is 0 Å². The Bertz CT molecular complexity index is 474. The lowest BCUT2D eigenvalue weighted by atomic mass is 10.4. The molecule has 0 rings (SSSR count). The Morgan fingerprint density at radius 3 is 1.38 bits per heavy atom. The summed E-state index contributed by atoms with van der Waals surface area (Å²) in [6.45, 7) is 9.17. The van der Waals surface area contributed by atoms with Crippen LogP contribution in [0.25, 0.3) is 0 Å². The summed E-state index contributed by atoms with van der Waals surface area (Å²) in [4.78, 5) is 44.5. The Morgan fingerprint density at radius 1 is 0.750 bits per heavy atom. The Labute approximate surface area is 139 Å². The molecule has 0 aliphatic carbocycles. The van der Waals surface area contributed by atoms with Crippen LogP contribution in [-0.2, 0) is 38.1 Å². The molecule has 8 nitrogen and oxygen atoms in total. The summed E-state index contributed by atoms with van der Waals surface area (Å²) in [5.74, 6) is -2.88. The third-order valence-corrected chi connectivity index (χ3v) is 2.24. The van der Waals surface area contributed by atoms with E-state index in [4.69, 9.17) is 18.9 Å². The Kier molecular flexibility index (Phi) is 10.2. The van der Waals surface area contributed by atoms with E-state index in [0.29, 0.717) is 0 Å². The lowest BCUT2D eigenvalue weighted by Crippen LogP contribution is -2.21. The lowest BCUT2D eigenvalue weighted by Gasteiger charge is -2.11. The molecule has 2 atom stereocenters. The van der Waals surface area contributed by atoms with E-state index in [9.17, 15) is 19.2 Å². The second-order valence-electron chi connectivity index (χ2n) is 4.50. The van der Waals surface area contributed by atoms with E-state index >= 15 is 0 Å². The molecule has 0 saturated heterocycles. The summed E-state index contributed by atoms with van der Waals surface area (Å²) < 4.78 is 19.1. The van der Waals surface area contributed by atoms with Crippen LogP contribution >= 0.6 is 0 Å². The van der Waals surface area contributed by atoms with Gasteiger partial charge < -0.3 is 18.9 Å². The minimum Gasteiger partial charge on any atom is -0.459 e. The van der Waals surface area contributed by atoms with Gasteiger partial charge in [0.2, 0.25) is 0 Å². The molecule has 132 valence electrons. The molecule has 0 heterocycles. The van der Waals surface area contributed by atoms with Crippen molar-refractivity contribution in [2.75, 3.05) is 13.2 Å². The second-order valence-corrected chi connectivity index (χ2v) is 4.50. The maximum atomic E-state index is 11.4. The van der Waals surface area contributed by atoms with E-state index in [1.165, 1.54) is 13.8 Å². The van der Waals surface area contributed by atoms with Crippen molar-refractivity contribution in [3.63, 3.8) is 0 Å². The van der Waals surface area contributed by atoms with Crippen molar-refractivity contribution in [1.82, 2.24) is 0 Å². The molecule has 0 aromatic heterocycles. The number of rotatable bonds is 10. The number of esters is 4. The monoisotopic (exact) mass is 340 g/mol. The van der Waals surface area contributed by atoms with Crippen molar-refractivity contribution in [3.8, 4) is 0 Å². The summed E-state index contributed by atoms with van der Waals surface area (Å²) in [6.07, 6.45) is 2.40. The fraction of sp³-hybridized carbons (Fsp3) is 0.375. The fourth-order valence-corrected chi connectivity index (χ4v) is 1.19. The Hall–Kier alpha value is -2.90. The first kappa shape index (κ1) is 21.1. The van der Waals surface area contributed by atoms with Gasteiger partial charge in [0.05, 0.1) is 0 Å². The van der Waals surface area contributed by atoms with Crippen LogP contribution in [0.4, 0.5) is 0 Å². The summed E-state index contributed by atoms with van der Waals surface area (Å²) in [5.41, 5.74) is 0. The molecule has 2 unspecified atom stereocenters. The van der Waals surface area contributed by atoms with Crippen molar-refractivity contribution in [3.05, 3.63) is 37.5 Å². The van der Waals surface area contributed by atoms with Gasteiger partial charge in [0.1, 0.15) is 25.4 Å². The van der Waals surface area contributed by atoms with Gasteiger partial charge in [-0.1, -0.05) is 13.2 Å². The molecule has 0 N–H and O–H groups in total. The van der Waals surface area contributed by atoms with E-state index in [0.717, 1.165) is 24.3 Å². The molecule has 8 heteroatoms. The van der Waals surface area contributed by atoms with E-state index in [2.05, 4.69) is 13.2 Å². The number of hydrogen-bond acceptors (Lipinski definition) is 8. The molecule has 0 radical (unpaired) electrons. The first-order valence-corrected chi connectivity index (χ1v) is 6.96. The minimum absolute atomic E-state index is 0.174. The number of hydrogen-bond donors (Lipinski definition) is 0. The first-order valence-electron chi connectivity index (χ1n) is 6.96. The SMILES string of the molecule is C=CC(=O)OC(C)COC(=O)/C=C\C(=O)OCC(C)OC(=O)C=C. The number of carbonyl (C=O) groups is 4. The fourth-order valence-electron chi connectivity index (χ4n) is 1.19. The average Bonchev–Trinajstić information content (AvgIpc) is 2.55. The van der Waals surface area contributed by atoms with Gasteiger partial charge in [0.25, 0.3) is 0 Å². The van der Waals surface area contributed by atoms with E-state index < -0.39 is 36.1 Å². The highest BCUT2D eigenvalue weighted by atomic mass is 16.6. The summed E-state index contributed by atoms with van der Waals surface area (Å²) in [7, 11) is 0. The molecule has 0 aliphatic heterocycles. The zero-order valence-electron chi connectivity index (χ0n) is 13.6. The van der Waals surface area contributed by atoms with Gasteiger partial charge >= 0.3 is 23.9 Å². The van der Waals surface area contributed by atoms with Crippen molar-refractivity contribution < 1.29 is 38.1 Å². The van der Waals surface area contributed by atoms with E-state index in [1.54, 1.807) is 0 Å². The van der Waals surface area contributed by atoms with Crippen LogP contribution in [0.5, 0.6) is 0 Å². The first-order chi connectivity index (χ1) is 11.3. The molecular weight excluding hydrogens is 320 g/mol. The molecular formula is C16H20O8. The van der Waals surface area contributed by atoms with Gasteiger partial charge in [0, 0.05) is 24.3 Å². The van der Waals surface area contributed by atoms with Crippen molar-refractivity contribution >= 4 is 23.9 Å². The molecule has 0 amide bonds. The predicted molar refractivity (Wildman–Crippen MR) is 82.6 cm³/mol. The second kappa shape index (κ2) is 11.6. The largest absolute Gasteiger partial charge is 0.459 e. The molecule has 0 spiro atoms. The highest BCUT2D eigenvalue weighted by Gasteiger charge is 2.11. The Balaban J connectivity index is 4.06. The highest BCUT2D eigenvalue weighted by molar-refractivity contribution is 5.91. The maximum Gasteiger partial charge on any atom is 0.331 e. The van der Waals surface area contributed by atoms with Crippen LogP contribution in [-0.4, -0.2) is 49.3 Å². The average molecular weight is 340 g/mol. The number of carbonyl (C=O) groups excluding carboxylic acids is 4. The lowest BCUT2D eigenvalue weighted by molar-refractivity contribution is -0.152. The van der Waals surface area contributed by atoms with E-state index in [1.807, 2.05) is 0 Å². The van der Waals surface area contributed by atoms with Crippen LogP contribution in [0.3, 0.4) is 0 Å². The zero-order chi connectivity index (χ0) is 18.5. The van der Waals surface area contributed by atoms with Gasteiger partial charge in [-0.2, -0.15) is 0 Å². The molecule has 0 aliphatic rings. The summed E-state index contributed by atoms with van der Waals surface area (Å²) in [5, 5.41) is 0. The standard InChI is InChI=1S/C16H20O8/c1-5-13(17)23-11(3)9-21-15(19)7-8-16(20)22-10-12(4)24-14(18)6-2/h5-8,11-12H,1-2,9-10H2,3-4H3/b8-7-. The minimum atomic E-state index is -0.806. The molecule has 0 aromatic carbocycles. The third kappa shape index (κ3) is 10.8. The molecule has 0 saturated carbocycles. The van der Waals surface area contributed by atoms with Crippen molar-refractivity contribution in [1.29, 1.82) is 0 Å². The van der Waals surface area contributed by atoms with Crippen molar-refractivity contribution in [2.24, 2.45) is 0 Å². The van der Waals surface area contributed by atoms with E-state index in [-0.39, 0.29) is 13.2 Å².